The summed E-state index contributed by atoms with van der Waals surface area (Å²) >= 11 is 0. The second-order valence-corrected chi connectivity index (χ2v) is 5.50. The molecule has 0 heterocycles. The highest BCUT2D eigenvalue weighted by molar-refractivity contribution is 5.64. The molecule has 0 aliphatic heterocycles. The molecule has 0 aromatic carbocycles. The predicted molar refractivity (Wildman–Crippen MR) is 52.6 cm³/mol. The molecule has 79 valence electrons. The van der Waals surface area contributed by atoms with Crippen molar-refractivity contribution in [2.24, 2.45) is 16.7 Å². The van der Waals surface area contributed by atoms with E-state index in [0.29, 0.717) is 5.92 Å². The van der Waals surface area contributed by atoms with Gasteiger partial charge in [-0.05, 0) is 30.6 Å². The maximum absolute atomic E-state index is 10.7. The Balaban J connectivity index is 2.23. The molecule has 1 amide bonds. The quantitative estimate of drug-likeness (QED) is 0.647. The standard InChI is InChI=1S/C11H18NO2/c1-10(2)7-4-5-11(10,3)8(6-7)14-9(12)13/h7-8,12H,4-6H2,1-3H3. The van der Waals surface area contributed by atoms with E-state index in [-0.39, 0.29) is 16.9 Å². The number of rotatable bonds is 1. The number of fused-ring (bicyclic) bond motifs is 2. The third kappa shape index (κ3) is 1.01. The lowest BCUT2D eigenvalue weighted by molar-refractivity contribution is -0.00113. The summed E-state index contributed by atoms with van der Waals surface area (Å²) in [5, 5.41) is 0. The van der Waals surface area contributed by atoms with Crippen LogP contribution in [0.4, 0.5) is 4.79 Å². The van der Waals surface area contributed by atoms with Crippen LogP contribution in [0.2, 0.25) is 0 Å². The van der Waals surface area contributed by atoms with E-state index in [1.165, 1.54) is 6.42 Å². The lowest BCUT2D eigenvalue weighted by Gasteiger charge is -2.37. The lowest BCUT2D eigenvalue weighted by Crippen LogP contribution is -2.38. The molecule has 2 aliphatic carbocycles. The van der Waals surface area contributed by atoms with Crippen LogP contribution in [0.15, 0.2) is 0 Å². The Kier molecular flexibility index (Phi) is 1.85. The fourth-order valence-electron chi connectivity index (χ4n) is 3.44. The van der Waals surface area contributed by atoms with Gasteiger partial charge in [0.2, 0.25) is 0 Å². The third-order valence-electron chi connectivity index (χ3n) is 4.96. The number of carbonyl (C=O) groups excluding carboxylic acids is 1. The number of nitrogens with one attached hydrogen (secondary N) is 1. The molecule has 0 saturated heterocycles. The van der Waals surface area contributed by atoms with E-state index < -0.39 is 6.09 Å². The zero-order valence-electron chi connectivity index (χ0n) is 9.09. The van der Waals surface area contributed by atoms with Gasteiger partial charge in [0, 0.05) is 5.41 Å². The molecule has 0 spiro atoms. The molecular formula is C11H18NO2. The molecule has 2 rings (SSSR count). The van der Waals surface area contributed by atoms with Gasteiger partial charge in [-0.3, -0.25) is 0 Å². The molecule has 14 heavy (non-hydrogen) atoms. The van der Waals surface area contributed by atoms with Gasteiger partial charge in [0.05, 0.1) is 0 Å². The molecule has 1 radical (unpaired) electrons. The summed E-state index contributed by atoms with van der Waals surface area (Å²) in [5.41, 5.74) is 7.23. The van der Waals surface area contributed by atoms with Gasteiger partial charge in [-0.15, -0.1) is 0 Å². The minimum absolute atomic E-state index is 0.0266. The molecule has 3 heteroatoms. The summed E-state index contributed by atoms with van der Waals surface area (Å²) in [7, 11) is 0. The van der Waals surface area contributed by atoms with E-state index in [2.05, 4.69) is 20.8 Å². The molecule has 2 saturated carbocycles. The lowest BCUT2D eigenvalue weighted by atomic mass is 9.70. The van der Waals surface area contributed by atoms with Gasteiger partial charge < -0.3 is 4.74 Å². The first-order valence-electron chi connectivity index (χ1n) is 5.30. The number of ether oxygens (including phenoxy) is 1. The Hall–Kier alpha value is -0.730. The Morgan fingerprint density at radius 2 is 2.07 bits per heavy atom. The summed E-state index contributed by atoms with van der Waals surface area (Å²) < 4.78 is 5.11. The topological polar surface area (TPSA) is 50.1 Å². The van der Waals surface area contributed by atoms with Crippen molar-refractivity contribution in [1.82, 2.24) is 5.73 Å². The smallest absolute Gasteiger partial charge is 0.426 e. The fraction of sp³-hybridized carbons (Fsp3) is 0.909. The van der Waals surface area contributed by atoms with Crippen molar-refractivity contribution < 1.29 is 9.53 Å². The van der Waals surface area contributed by atoms with Crippen molar-refractivity contribution in [3.63, 3.8) is 0 Å². The van der Waals surface area contributed by atoms with Crippen molar-refractivity contribution in [2.75, 3.05) is 0 Å². The summed E-state index contributed by atoms with van der Waals surface area (Å²) in [5.74, 6) is 0.664. The Bertz CT molecular complexity index is 274. The summed E-state index contributed by atoms with van der Waals surface area (Å²) in [4.78, 5) is 10.7. The normalized spacial score (nSPS) is 43.9. The molecule has 0 aromatic heterocycles. The zero-order valence-corrected chi connectivity index (χ0v) is 9.09. The van der Waals surface area contributed by atoms with E-state index in [1.807, 2.05) is 0 Å². The highest BCUT2D eigenvalue weighted by Gasteiger charge is 2.62. The van der Waals surface area contributed by atoms with Crippen molar-refractivity contribution in [3.8, 4) is 0 Å². The molecule has 0 aromatic rings. The SMILES string of the molecule is CC1(C)C2CCC1(C)C(OC([NH])=O)C2. The minimum atomic E-state index is -0.875. The Labute approximate surface area is 85.0 Å². The minimum Gasteiger partial charge on any atom is -0.444 e. The first-order valence-corrected chi connectivity index (χ1v) is 5.30. The average molecular weight is 196 g/mol. The van der Waals surface area contributed by atoms with Crippen LogP contribution in [0.3, 0.4) is 0 Å². The van der Waals surface area contributed by atoms with Crippen LogP contribution in [0.5, 0.6) is 0 Å². The zero-order chi connectivity index (χ0) is 10.6. The average Bonchev–Trinajstić information content (AvgIpc) is 2.35. The Morgan fingerprint density at radius 3 is 2.43 bits per heavy atom. The highest BCUT2D eigenvalue weighted by Crippen LogP contribution is 2.66. The van der Waals surface area contributed by atoms with Gasteiger partial charge in [0.25, 0.3) is 0 Å². The molecule has 3 unspecified atom stereocenters. The second-order valence-electron chi connectivity index (χ2n) is 5.50. The predicted octanol–water partition coefficient (Wildman–Crippen LogP) is 2.62. The van der Waals surface area contributed by atoms with Gasteiger partial charge in [-0.25, -0.2) is 10.5 Å². The molecule has 3 nitrogen and oxygen atoms in total. The molecule has 3 atom stereocenters. The molecule has 2 fully saturated rings. The van der Waals surface area contributed by atoms with Crippen LogP contribution in [0.1, 0.15) is 40.0 Å². The fourth-order valence-corrected chi connectivity index (χ4v) is 3.44. The number of amides is 1. The van der Waals surface area contributed by atoms with Crippen LogP contribution < -0.4 is 5.73 Å². The largest absolute Gasteiger partial charge is 0.444 e. The van der Waals surface area contributed by atoms with Gasteiger partial charge in [0.1, 0.15) is 6.10 Å². The third-order valence-corrected chi connectivity index (χ3v) is 4.96. The van der Waals surface area contributed by atoms with E-state index in [9.17, 15) is 4.79 Å². The monoisotopic (exact) mass is 196 g/mol. The first kappa shape index (κ1) is 9.81. The van der Waals surface area contributed by atoms with E-state index in [0.717, 1.165) is 12.8 Å². The van der Waals surface area contributed by atoms with E-state index in [4.69, 9.17) is 10.5 Å². The number of hydrogen-bond donors (Lipinski definition) is 0. The molecule has 2 aliphatic rings. The van der Waals surface area contributed by atoms with Gasteiger partial charge in [-0.2, -0.15) is 0 Å². The molecule has 2 bridgehead atoms. The van der Waals surface area contributed by atoms with Gasteiger partial charge >= 0.3 is 6.09 Å². The van der Waals surface area contributed by atoms with Crippen molar-refractivity contribution in [2.45, 2.75) is 46.1 Å². The van der Waals surface area contributed by atoms with Crippen LogP contribution in [-0.2, 0) is 4.74 Å². The molecule has 1 N–H and O–H groups in total. The molecular weight excluding hydrogens is 178 g/mol. The van der Waals surface area contributed by atoms with Crippen LogP contribution in [-0.4, -0.2) is 12.2 Å². The van der Waals surface area contributed by atoms with Crippen molar-refractivity contribution >= 4 is 6.09 Å². The number of carbonyl (C=O) groups is 1. The summed E-state index contributed by atoms with van der Waals surface area (Å²) in [6.07, 6.45) is 2.42. The van der Waals surface area contributed by atoms with Crippen LogP contribution in [0, 0.1) is 16.7 Å². The number of hydrogen-bond acceptors (Lipinski definition) is 2. The van der Waals surface area contributed by atoms with E-state index >= 15 is 0 Å². The summed E-state index contributed by atoms with van der Waals surface area (Å²) in [6.45, 7) is 6.73. The summed E-state index contributed by atoms with van der Waals surface area (Å²) in [6, 6.07) is 0. The Morgan fingerprint density at radius 1 is 1.43 bits per heavy atom. The maximum Gasteiger partial charge on any atom is 0.426 e. The van der Waals surface area contributed by atoms with Gasteiger partial charge in [0.15, 0.2) is 0 Å². The van der Waals surface area contributed by atoms with Crippen LogP contribution >= 0.6 is 0 Å². The highest BCUT2D eigenvalue weighted by atomic mass is 16.6. The maximum atomic E-state index is 10.7. The second kappa shape index (κ2) is 2.65. The van der Waals surface area contributed by atoms with Crippen molar-refractivity contribution in [3.05, 3.63) is 0 Å². The van der Waals surface area contributed by atoms with E-state index in [1.54, 1.807) is 0 Å². The van der Waals surface area contributed by atoms with Gasteiger partial charge in [-0.1, -0.05) is 20.8 Å². The van der Waals surface area contributed by atoms with Crippen molar-refractivity contribution in [1.29, 1.82) is 0 Å². The first-order chi connectivity index (χ1) is 6.38. The van der Waals surface area contributed by atoms with Crippen LogP contribution in [0.25, 0.3) is 0 Å².